The average Bonchev–Trinajstić information content (AvgIpc) is 2.24. The third-order valence-electron chi connectivity index (χ3n) is 2.80. The first-order valence-corrected chi connectivity index (χ1v) is 6.48. The van der Waals surface area contributed by atoms with Crippen molar-refractivity contribution >= 4 is 17.4 Å². The maximum absolute atomic E-state index is 6.01. The predicted molar refractivity (Wildman–Crippen MR) is 72.0 cm³/mol. The molecule has 0 amide bonds. The molecule has 0 spiro atoms. The monoisotopic (exact) mass is 239 g/mol. The number of aryl methyl sites for hydroxylation is 1. The fourth-order valence-electron chi connectivity index (χ4n) is 1.29. The summed E-state index contributed by atoms with van der Waals surface area (Å²) in [5.41, 5.74) is 8.02. The predicted octanol–water partition coefficient (Wildman–Crippen LogP) is 3.48. The van der Waals surface area contributed by atoms with Crippen LogP contribution >= 0.6 is 11.8 Å². The number of thioether (sulfide) groups is 1. The Bertz CT molecular complexity index is 350. The topological polar surface area (TPSA) is 35.2 Å². The van der Waals surface area contributed by atoms with E-state index in [9.17, 15) is 0 Å². The molecule has 2 nitrogen and oxygen atoms in total. The number of nitrogen functional groups attached to an aromatic ring is 1. The van der Waals surface area contributed by atoms with E-state index in [1.165, 1.54) is 4.90 Å². The summed E-state index contributed by atoms with van der Waals surface area (Å²) in [6.07, 6.45) is 1.02. The molecule has 0 bridgehead atoms. The second-order valence-electron chi connectivity index (χ2n) is 4.55. The van der Waals surface area contributed by atoms with Gasteiger partial charge in [0.25, 0.3) is 0 Å². The maximum atomic E-state index is 6.01. The van der Waals surface area contributed by atoms with Crippen molar-refractivity contribution in [3.63, 3.8) is 0 Å². The van der Waals surface area contributed by atoms with Gasteiger partial charge >= 0.3 is 0 Å². The summed E-state index contributed by atoms with van der Waals surface area (Å²) in [5, 5.41) is 0. The van der Waals surface area contributed by atoms with Crippen LogP contribution in [0.3, 0.4) is 0 Å². The molecule has 0 aliphatic carbocycles. The normalized spacial score (nSPS) is 11.8. The second kappa shape index (κ2) is 5.60. The van der Waals surface area contributed by atoms with Crippen LogP contribution in [-0.4, -0.2) is 18.5 Å². The van der Waals surface area contributed by atoms with Gasteiger partial charge in [0.1, 0.15) is 0 Å². The quantitative estimate of drug-likeness (QED) is 0.631. The van der Waals surface area contributed by atoms with Crippen LogP contribution in [-0.2, 0) is 4.74 Å². The Morgan fingerprint density at radius 1 is 1.38 bits per heavy atom. The highest BCUT2D eigenvalue weighted by molar-refractivity contribution is 7.99. The molecule has 0 saturated heterocycles. The van der Waals surface area contributed by atoms with Crippen LogP contribution in [0.4, 0.5) is 5.69 Å². The number of para-hydroxylation sites is 1. The third kappa shape index (κ3) is 3.72. The summed E-state index contributed by atoms with van der Waals surface area (Å²) in [7, 11) is 1.76. The highest BCUT2D eigenvalue weighted by Gasteiger charge is 2.15. The molecule has 1 aromatic rings. The minimum absolute atomic E-state index is 0.0500. The highest BCUT2D eigenvalue weighted by Crippen LogP contribution is 2.29. The molecule has 0 aromatic heterocycles. The summed E-state index contributed by atoms with van der Waals surface area (Å²) < 4.78 is 5.38. The van der Waals surface area contributed by atoms with E-state index in [2.05, 4.69) is 26.0 Å². The number of nitrogens with two attached hydrogens (primary N) is 1. The number of hydrogen-bond donors (Lipinski definition) is 1. The third-order valence-corrected chi connectivity index (χ3v) is 3.87. The van der Waals surface area contributed by atoms with Crippen molar-refractivity contribution in [3.8, 4) is 0 Å². The van der Waals surface area contributed by atoms with Gasteiger partial charge in [-0.25, -0.2) is 0 Å². The molecule has 16 heavy (non-hydrogen) atoms. The van der Waals surface area contributed by atoms with Gasteiger partial charge in [-0.3, -0.25) is 0 Å². The zero-order valence-electron chi connectivity index (χ0n) is 10.5. The first-order valence-electron chi connectivity index (χ1n) is 5.49. The molecular formula is C13H21NOS. The second-order valence-corrected chi connectivity index (χ2v) is 5.69. The highest BCUT2D eigenvalue weighted by atomic mass is 32.2. The van der Waals surface area contributed by atoms with Crippen LogP contribution in [0.5, 0.6) is 0 Å². The molecular weight excluding hydrogens is 218 g/mol. The molecule has 1 rings (SSSR count). The lowest BCUT2D eigenvalue weighted by molar-refractivity contribution is 0.0207. The number of hydrogen-bond acceptors (Lipinski definition) is 3. The van der Waals surface area contributed by atoms with Crippen LogP contribution in [0.15, 0.2) is 23.1 Å². The summed E-state index contributed by atoms with van der Waals surface area (Å²) >= 11 is 1.80. The maximum Gasteiger partial charge on any atom is 0.0630 e. The number of rotatable bonds is 5. The molecule has 90 valence electrons. The fraction of sp³-hybridized carbons (Fsp3) is 0.538. The zero-order valence-corrected chi connectivity index (χ0v) is 11.4. The Balaban J connectivity index is 2.53. The lowest BCUT2D eigenvalue weighted by atomic mass is 10.1. The van der Waals surface area contributed by atoms with Crippen molar-refractivity contribution in [2.24, 2.45) is 0 Å². The molecule has 0 unspecified atom stereocenters. The minimum Gasteiger partial charge on any atom is -0.398 e. The molecule has 1 aromatic carbocycles. The van der Waals surface area contributed by atoms with Crippen molar-refractivity contribution in [1.82, 2.24) is 0 Å². The number of methoxy groups -OCH3 is 1. The van der Waals surface area contributed by atoms with E-state index in [4.69, 9.17) is 10.5 Å². The minimum atomic E-state index is -0.0500. The summed E-state index contributed by atoms with van der Waals surface area (Å²) in [5.74, 6) is 1.02. The summed E-state index contributed by atoms with van der Waals surface area (Å²) in [6, 6.07) is 6.17. The van der Waals surface area contributed by atoms with Gasteiger partial charge in [0.2, 0.25) is 0 Å². The molecule has 0 saturated carbocycles. The van der Waals surface area contributed by atoms with E-state index in [-0.39, 0.29) is 5.60 Å². The molecule has 0 atom stereocenters. The molecule has 0 heterocycles. The number of anilines is 1. The Morgan fingerprint density at radius 3 is 2.69 bits per heavy atom. The Morgan fingerprint density at radius 2 is 2.06 bits per heavy atom. The van der Waals surface area contributed by atoms with Crippen molar-refractivity contribution < 1.29 is 4.74 Å². The van der Waals surface area contributed by atoms with Crippen LogP contribution in [0, 0.1) is 6.92 Å². The van der Waals surface area contributed by atoms with E-state index in [1.54, 1.807) is 18.9 Å². The Kier molecular flexibility index (Phi) is 4.69. The van der Waals surface area contributed by atoms with Gasteiger partial charge in [-0.05, 0) is 38.8 Å². The smallest absolute Gasteiger partial charge is 0.0630 e. The molecule has 0 fully saturated rings. The van der Waals surface area contributed by atoms with Gasteiger partial charge in [0.15, 0.2) is 0 Å². The summed E-state index contributed by atoms with van der Waals surface area (Å²) in [4.78, 5) is 1.17. The van der Waals surface area contributed by atoms with Crippen LogP contribution < -0.4 is 5.73 Å². The van der Waals surface area contributed by atoms with E-state index in [0.717, 1.165) is 23.4 Å². The van der Waals surface area contributed by atoms with Gasteiger partial charge in [-0.15, -0.1) is 11.8 Å². The van der Waals surface area contributed by atoms with Gasteiger partial charge in [-0.2, -0.15) is 0 Å². The lowest BCUT2D eigenvalue weighted by Gasteiger charge is -2.22. The SMILES string of the molecule is COC(C)(C)CCSc1cccc(C)c1N. The molecule has 2 N–H and O–H groups in total. The summed E-state index contributed by atoms with van der Waals surface area (Å²) in [6.45, 7) is 6.25. The Hall–Kier alpha value is -0.670. The molecule has 0 radical (unpaired) electrons. The first-order chi connectivity index (χ1) is 7.46. The molecule has 0 aliphatic heterocycles. The van der Waals surface area contributed by atoms with Crippen molar-refractivity contribution in [3.05, 3.63) is 23.8 Å². The number of ether oxygens (including phenoxy) is 1. The van der Waals surface area contributed by atoms with E-state index in [0.29, 0.717) is 0 Å². The van der Waals surface area contributed by atoms with E-state index >= 15 is 0 Å². The standard InChI is InChI=1S/C13H21NOS/c1-10-6-5-7-11(12(10)14)16-9-8-13(2,3)15-4/h5-7H,8-9,14H2,1-4H3. The van der Waals surface area contributed by atoms with Crippen LogP contribution in [0.25, 0.3) is 0 Å². The van der Waals surface area contributed by atoms with Gasteiger partial charge in [0, 0.05) is 23.4 Å². The Labute approximate surface area is 103 Å². The molecule has 3 heteroatoms. The van der Waals surface area contributed by atoms with E-state index < -0.39 is 0 Å². The number of benzene rings is 1. The van der Waals surface area contributed by atoms with Gasteiger partial charge < -0.3 is 10.5 Å². The first kappa shape index (κ1) is 13.4. The van der Waals surface area contributed by atoms with Gasteiger partial charge in [0.05, 0.1) is 5.60 Å². The molecule has 0 aliphatic rings. The zero-order chi connectivity index (χ0) is 12.2. The van der Waals surface area contributed by atoms with Crippen molar-refractivity contribution in [2.45, 2.75) is 37.7 Å². The van der Waals surface area contributed by atoms with Gasteiger partial charge in [-0.1, -0.05) is 12.1 Å². The lowest BCUT2D eigenvalue weighted by Crippen LogP contribution is -2.22. The van der Waals surface area contributed by atoms with Crippen LogP contribution in [0.2, 0.25) is 0 Å². The average molecular weight is 239 g/mol. The largest absolute Gasteiger partial charge is 0.398 e. The van der Waals surface area contributed by atoms with E-state index in [1.807, 2.05) is 13.0 Å². The van der Waals surface area contributed by atoms with Crippen molar-refractivity contribution in [1.29, 1.82) is 0 Å². The van der Waals surface area contributed by atoms with Crippen molar-refractivity contribution in [2.75, 3.05) is 18.6 Å². The van der Waals surface area contributed by atoms with Crippen LogP contribution in [0.1, 0.15) is 25.8 Å². The fourth-order valence-corrected chi connectivity index (χ4v) is 2.59.